The van der Waals surface area contributed by atoms with Gasteiger partial charge in [0.1, 0.15) is 0 Å². The van der Waals surface area contributed by atoms with Crippen LogP contribution in [0.1, 0.15) is 16.1 Å². The Bertz CT molecular complexity index is 882. The molecule has 0 atom stereocenters. The van der Waals surface area contributed by atoms with Crippen LogP contribution in [0.4, 0.5) is 17.3 Å². The average molecular weight is 388 g/mol. The van der Waals surface area contributed by atoms with Gasteiger partial charge in [0.25, 0.3) is 17.3 Å². The van der Waals surface area contributed by atoms with Crippen LogP contribution in [0.2, 0.25) is 0 Å². The van der Waals surface area contributed by atoms with Gasteiger partial charge in [-0.2, -0.15) is 0 Å². The number of hydrogen-bond acceptors (Lipinski definition) is 9. The first-order chi connectivity index (χ1) is 13.4. The van der Waals surface area contributed by atoms with Gasteiger partial charge >= 0.3 is 0 Å². The van der Waals surface area contributed by atoms with E-state index in [4.69, 9.17) is 4.74 Å². The number of nitro benzene ring substituents is 2. The zero-order chi connectivity index (χ0) is 20.1. The number of morpholine rings is 1. The van der Waals surface area contributed by atoms with Gasteiger partial charge in [0.2, 0.25) is 5.95 Å². The Balaban J connectivity index is 1.72. The zero-order valence-electron chi connectivity index (χ0n) is 14.6. The maximum atomic E-state index is 12.3. The topological polar surface area (TPSA) is 154 Å². The number of nitrogens with zero attached hydrogens (tertiary/aromatic N) is 5. The van der Waals surface area contributed by atoms with Gasteiger partial charge in [0, 0.05) is 31.4 Å². The number of anilines is 1. The molecule has 1 aromatic carbocycles. The van der Waals surface area contributed by atoms with Gasteiger partial charge < -0.3 is 15.0 Å². The lowest BCUT2D eigenvalue weighted by Gasteiger charge is -2.26. The molecule has 1 aliphatic heterocycles. The number of aromatic nitrogens is 2. The van der Waals surface area contributed by atoms with E-state index in [9.17, 15) is 25.0 Å². The number of amides is 1. The summed E-state index contributed by atoms with van der Waals surface area (Å²) in [7, 11) is 0. The van der Waals surface area contributed by atoms with Crippen LogP contribution in [0.3, 0.4) is 0 Å². The second kappa shape index (κ2) is 8.35. The van der Waals surface area contributed by atoms with Gasteiger partial charge in [-0.15, -0.1) is 0 Å². The molecule has 2 heterocycles. The number of ether oxygens (including phenoxy) is 1. The van der Waals surface area contributed by atoms with Crippen LogP contribution in [0.25, 0.3) is 0 Å². The van der Waals surface area contributed by atoms with Crippen molar-refractivity contribution in [1.82, 2.24) is 15.3 Å². The Morgan fingerprint density at radius 1 is 1.14 bits per heavy atom. The molecule has 1 amide bonds. The van der Waals surface area contributed by atoms with Gasteiger partial charge in [0.05, 0.1) is 46.9 Å². The number of rotatable bonds is 6. The molecule has 2 aromatic rings. The number of carbonyl (C=O) groups excluding carboxylic acids is 1. The highest BCUT2D eigenvalue weighted by molar-refractivity contribution is 5.95. The number of nitrogens with one attached hydrogen (secondary N) is 1. The van der Waals surface area contributed by atoms with Crippen molar-refractivity contribution in [2.24, 2.45) is 0 Å². The van der Waals surface area contributed by atoms with Crippen LogP contribution in [-0.4, -0.2) is 52.0 Å². The van der Waals surface area contributed by atoms with E-state index in [1.807, 2.05) is 4.90 Å². The normalized spacial score (nSPS) is 13.8. The first-order valence-electron chi connectivity index (χ1n) is 8.31. The van der Waals surface area contributed by atoms with Crippen molar-refractivity contribution in [3.05, 3.63) is 61.9 Å². The van der Waals surface area contributed by atoms with E-state index in [-0.39, 0.29) is 12.1 Å². The molecule has 146 valence electrons. The number of non-ortho nitro benzene ring substituents is 2. The zero-order valence-corrected chi connectivity index (χ0v) is 14.6. The van der Waals surface area contributed by atoms with E-state index in [1.165, 1.54) is 0 Å². The monoisotopic (exact) mass is 388 g/mol. The molecular weight excluding hydrogens is 372 g/mol. The number of hydrogen-bond donors (Lipinski definition) is 1. The Morgan fingerprint density at radius 3 is 2.39 bits per heavy atom. The molecule has 1 fully saturated rings. The summed E-state index contributed by atoms with van der Waals surface area (Å²) in [4.78, 5) is 43.2. The lowest BCUT2D eigenvalue weighted by atomic mass is 10.1. The molecule has 1 N–H and O–H groups in total. The van der Waals surface area contributed by atoms with Gasteiger partial charge in [-0.25, -0.2) is 9.97 Å². The highest BCUT2D eigenvalue weighted by Gasteiger charge is 2.20. The van der Waals surface area contributed by atoms with Crippen LogP contribution < -0.4 is 10.2 Å². The Labute approximate surface area is 158 Å². The predicted molar refractivity (Wildman–Crippen MR) is 96.0 cm³/mol. The largest absolute Gasteiger partial charge is 0.378 e. The summed E-state index contributed by atoms with van der Waals surface area (Å²) in [6.45, 7) is 2.52. The molecule has 1 aromatic heterocycles. The summed E-state index contributed by atoms with van der Waals surface area (Å²) >= 11 is 0. The fraction of sp³-hybridized carbons (Fsp3) is 0.312. The summed E-state index contributed by atoms with van der Waals surface area (Å²) < 4.78 is 5.28. The second-order valence-corrected chi connectivity index (χ2v) is 5.88. The molecule has 0 saturated carbocycles. The molecule has 0 aliphatic carbocycles. The van der Waals surface area contributed by atoms with E-state index < -0.39 is 27.1 Å². The van der Waals surface area contributed by atoms with Crippen LogP contribution >= 0.6 is 0 Å². The maximum Gasteiger partial charge on any atom is 0.277 e. The van der Waals surface area contributed by atoms with E-state index in [1.54, 1.807) is 12.3 Å². The van der Waals surface area contributed by atoms with Crippen LogP contribution in [0.15, 0.2) is 30.5 Å². The Morgan fingerprint density at radius 2 is 1.79 bits per heavy atom. The van der Waals surface area contributed by atoms with E-state index in [0.717, 1.165) is 18.2 Å². The standard InChI is InChI=1S/C16H16N6O6/c23-15(11-7-13(21(24)25)9-14(8-11)22(26)27)18-10-12-1-2-17-16(19-12)20-3-5-28-6-4-20/h1-2,7-9H,3-6,10H2,(H,18,23). The van der Waals surface area contributed by atoms with Crippen molar-refractivity contribution in [2.75, 3.05) is 31.2 Å². The third kappa shape index (κ3) is 4.54. The highest BCUT2D eigenvalue weighted by Crippen LogP contribution is 2.22. The van der Waals surface area contributed by atoms with Crippen molar-refractivity contribution < 1.29 is 19.4 Å². The highest BCUT2D eigenvalue weighted by atomic mass is 16.6. The van der Waals surface area contributed by atoms with Crippen molar-refractivity contribution in [3.63, 3.8) is 0 Å². The van der Waals surface area contributed by atoms with Crippen molar-refractivity contribution in [3.8, 4) is 0 Å². The van der Waals surface area contributed by atoms with Gasteiger partial charge in [-0.1, -0.05) is 0 Å². The quantitative estimate of drug-likeness (QED) is 0.565. The minimum atomic E-state index is -0.789. The third-order valence-electron chi connectivity index (χ3n) is 4.01. The van der Waals surface area contributed by atoms with E-state index in [0.29, 0.717) is 37.9 Å². The number of nitro groups is 2. The Hall–Kier alpha value is -3.67. The molecule has 28 heavy (non-hydrogen) atoms. The minimum absolute atomic E-state index is 0.0369. The lowest BCUT2D eigenvalue weighted by molar-refractivity contribution is -0.394. The molecule has 1 aliphatic rings. The third-order valence-corrected chi connectivity index (χ3v) is 4.01. The minimum Gasteiger partial charge on any atom is -0.378 e. The molecule has 3 rings (SSSR count). The maximum absolute atomic E-state index is 12.3. The van der Waals surface area contributed by atoms with Crippen LogP contribution in [0.5, 0.6) is 0 Å². The molecule has 12 nitrogen and oxygen atoms in total. The molecule has 0 bridgehead atoms. The molecule has 1 saturated heterocycles. The second-order valence-electron chi connectivity index (χ2n) is 5.88. The van der Waals surface area contributed by atoms with Gasteiger partial charge in [-0.3, -0.25) is 25.0 Å². The number of carbonyl (C=O) groups is 1. The van der Waals surface area contributed by atoms with Crippen molar-refractivity contribution >= 4 is 23.2 Å². The molecule has 0 spiro atoms. The predicted octanol–water partition coefficient (Wildman–Crippen LogP) is 1.06. The SMILES string of the molecule is O=C(NCc1ccnc(N2CCOCC2)n1)c1cc([N+](=O)[O-])cc([N+](=O)[O-])c1. The van der Waals surface area contributed by atoms with Crippen LogP contribution in [0, 0.1) is 20.2 Å². The average Bonchev–Trinajstić information content (AvgIpc) is 2.72. The summed E-state index contributed by atoms with van der Waals surface area (Å²) in [5, 5.41) is 24.4. The van der Waals surface area contributed by atoms with E-state index >= 15 is 0 Å². The van der Waals surface area contributed by atoms with Gasteiger partial charge in [-0.05, 0) is 6.07 Å². The molecular formula is C16H16N6O6. The number of benzene rings is 1. The molecule has 0 radical (unpaired) electrons. The Kier molecular flexibility index (Phi) is 5.69. The molecule has 0 unspecified atom stereocenters. The fourth-order valence-electron chi connectivity index (χ4n) is 2.61. The van der Waals surface area contributed by atoms with E-state index in [2.05, 4.69) is 15.3 Å². The van der Waals surface area contributed by atoms with Crippen molar-refractivity contribution in [2.45, 2.75) is 6.54 Å². The lowest BCUT2D eigenvalue weighted by Crippen LogP contribution is -2.37. The first kappa shape index (κ1) is 19.1. The smallest absolute Gasteiger partial charge is 0.277 e. The fourth-order valence-corrected chi connectivity index (χ4v) is 2.61. The summed E-state index contributed by atoms with van der Waals surface area (Å²) in [6, 6.07) is 4.40. The summed E-state index contributed by atoms with van der Waals surface area (Å²) in [5.41, 5.74) is -0.708. The molecule has 12 heteroatoms. The van der Waals surface area contributed by atoms with Crippen LogP contribution in [-0.2, 0) is 11.3 Å². The van der Waals surface area contributed by atoms with Gasteiger partial charge in [0.15, 0.2) is 0 Å². The first-order valence-corrected chi connectivity index (χ1v) is 8.31. The van der Waals surface area contributed by atoms with Crippen molar-refractivity contribution in [1.29, 1.82) is 0 Å². The summed E-state index contributed by atoms with van der Waals surface area (Å²) in [5.74, 6) is -0.167. The summed E-state index contributed by atoms with van der Waals surface area (Å²) in [6.07, 6.45) is 1.57.